The predicted octanol–water partition coefficient (Wildman–Crippen LogP) is 20.4. The molecule has 0 radical (unpaired) electrons. The molecule has 0 atom stereocenters. The van der Waals surface area contributed by atoms with Crippen LogP contribution in [0.25, 0.3) is 132 Å². The average molecular weight is 949 g/mol. The molecule has 14 aromatic carbocycles. The fourth-order valence-corrected chi connectivity index (χ4v) is 12.7. The van der Waals surface area contributed by atoms with Gasteiger partial charge in [-0.25, -0.2) is 0 Å². The molecule has 1 aliphatic carbocycles. The lowest BCUT2D eigenvalue weighted by Gasteiger charge is -2.21. The summed E-state index contributed by atoms with van der Waals surface area (Å²) >= 11 is 0. The molecular weight excluding hydrogens is 901 g/mol. The highest BCUT2D eigenvalue weighted by Crippen LogP contribution is 2.60. The van der Waals surface area contributed by atoms with Crippen molar-refractivity contribution in [1.29, 1.82) is 0 Å². The molecule has 14 aromatic rings. The van der Waals surface area contributed by atoms with Crippen LogP contribution in [0.5, 0.6) is 0 Å². The predicted molar refractivity (Wildman–Crippen MR) is 320 cm³/mol. The lowest BCUT2D eigenvalue weighted by Crippen LogP contribution is -1.99. The first-order chi connectivity index (χ1) is 37.2. The van der Waals surface area contributed by atoms with E-state index in [-0.39, 0.29) is 0 Å². The van der Waals surface area contributed by atoms with E-state index in [0.29, 0.717) is 0 Å². The Kier molecular flexibility index (Phi) is 10.1. The third-order valence-electron chi connectivity index (χ3n) is 16.0. The Morgan fingerprint density at radius 1 is 0.280 bits per heavy atom. The number of hydrogen-bond donors (Lipinski definition) is 0. The minimum Gasteiger partial charge on any atom is -0.0622 e. The molecule has 0 aromatic heterocycles. The molecule has 0 spiro atoms. The minimum atomic E-state index is 0.823. The summed E-state index contributed by atoms with van der Waals surface area (Å²) in [5.74, 6) is 0. The molecule has 0 heteroatoms. The molecule has 0 unspecified atom stereocenters. The van der Waals surface area contributed by atoms with Gasteiger partial charge in [-0.05, 0) is 173 Å². The van der Waals surface area contributed by atoms with E-state index in [1.54, 1.807) is 0 Å². The molecule has 0 N–H and O–H groups in total. The lowest BCUT2D eigenvalue weighted by molar-refractivity contribution is 1.18. The maximum absolute atomic E-state index is 2.45. The van der Waals surface area contributed by atoms with E-state index in [0.717, 1.165) is 6.42 Å². The van der Waals surface area contributed by atoms with Gasteiger partial charge in [0.15, 0.2) is 0 Å². The Hall–Kier alpha value is -9.62. The van der Waals surface area contributed by atoms with Crippen LogP contribution in [0.3, 0.4) is 0 Å². The highest BCUT2D eigenvalue weighted by Gasteiger charge is 2.32. The highest BCUT2D eigenvalue weighted by molar-refractivity contribution is 6.39. The summed E-state index contributed by atoms with van der Waals surface area (Å²) in [6.45, 7) is 0. The van der Waals surface area contributed by atoms with Crippen molar-refractivity contribution < 1.29 is 0 Å². The standard InChI is InChI=1S/C75H48/c1-7-20-48(21-8-1)44-57-45-54(49-22-9-2-10-23-49)34-37-58(57)67(51-26-13-4-14-27-51)47-56-36-39-61-63-41-43-65-73-66(42-40-62(72(63)73)60-33-19-32-59(56)71(60)61)75-70(53-30-17-6-18-31-53)68-46-55(50-24-11-3-12-25-50)35-38-64(68)69(74(65)75)52-28-15-5-16-29-52/h1-43,45-47H,44H2/b67-47+. The molecule has 0 saturated carbocycles. The Labute approximate surface area is 437 Å². The van der Waals surface area contributed by atoms with Gasteiger partial charge in [0, 0.05) is 0 Å². The molecule has 75 heavy (non-hydrogen) atoms. The van der Waals surface area contributed by atoms with Crippen molar-refractivity contribution in [3.63, 3.8) is 0 Å². The Balaban J connectivity index is 0.976. The van der Waals surface area contributed by atoms with E-state index in [4.69, 9.17) is 0 Å². The van der Waals surface area contributed by atoms with Crippen molar-refractivity contribution >= 4 is 65.5 Å². The molecule has 0 bridgehead atoms. The molecule has 0 saturated heterocycles. The Morgan fingerprint density at radius 2 is 0.747 bits per heavy atom. The third kappa shape index (κ3) is 6.99. The van der Waals surface area contributed by atoms with Crippen LogP contribution in [0.4, 0.5) is 0 Å². The van der Waals surface area contributed by atoms with Crippen LogP contribution in [0.1, 0.15) is 27.8 Å². The van der Waals surface area contributed by atoms with Gasteiger partial charge in [-0.3, -0.25) is 0 Å². The van der Waals surface area contributed by atoms with Crippen LogP contribution in [-0.4, -0.2) is 0 Å². The summed E-state index contributed by atoms with van der Waals surface area (Å²) in [5, 5.41) is 12.9. The van der Waals surface area contributed by atoms with Gasteiger partial charge in [-0.15, -0.1) is 0 Å². The summed E-state index contributed by atoms with van der Waals surface area (Å²) in [7, 11) is 0. The van der Waals surface area contributed by atoms with Crippen LogP contribution in [0.2, 0.25) is 0 Å². The van der Waals surface area contributed by atoms with Crippen LogP contribution < -0.4 is 0 Å². The zero-order valence-electron chi connectivity index (χ0n) is 41.3. The second-order valence-electron chi connectivity index (χ2n) is 20.2. The van der Waals surface area contributed by atoms with Crippen molar-refractivity contribution in [2.24, 2.45) is 0 Å². The van der Waals surface area contributed by atoms with Crippen LogP contribution in [-0.2, 0) is 6.42 Å². The first kappa shape index (κ1) is 43.0. The maximum Gasteiger partial charge on any atom is -0.000740 e. The molecule has 0 fully saturated rings. The smallest absolute Gasteiger partial charge is 0.000740 e. The zero-order chi connectivity index (χ0) is 49.4. The van der Waals surface area contributed by atoms with Gasteiger partial charge in [0.1, 0.15) is 0 Å². The quantitative estimate of drug-likeness (QED) is 0.0768. The second-order valence-corrected chi connectivity index (χ2v) is 20.2. The van der Waals surface area contributed by atoms with Crippen molar-refractivity contribution in [2.45, 2.75) is 6.42 Å². The van der Waals surface area contributed by atoms with E-state index >= 15 is 0 Å². The summed E-state index contributed by atoms with van der Waals surface area (Å²) in [5.41, 5.74) is 22.6. The van der Waals surface area contributed by atoms with Gasteiger partial charge in [-0.1, -0.05) is 267 Å². The van der Waals surface area contributed by atoms with Gasteiger partial charge >= 0.3 is 0 Å². The van der Waals surface area contributed by atoms with E-state index in [2.05, 4.69) is 279 Å². The molecule has 1 aliphatic rings. The largest absolute Gasteiger partial charge is 0.0622 e. The summed E-state index contributed by atoms with van der Waals surface area (Å²) in [6, 6.07) is 101. The minimum absolute atomic E-state index is 0.823. The molecule has 348 valence electrons. The molecule has 15 rings (SSSR count). The Bertz CT molecular complexity index is 4510. The first-order valence-electron chi connectivity index (χ1n) is 26.2. The van der Waals surface area contributed by atoms with Crippen molar-refractivity contribution in [3.8, 4) is 66.8 Å². The third-order valence-corrected chi connectivity index (χ3v) is 16.0. The van der Waals surface area contributed by atoms with E-state index < -0.39 is 0 Å². The lowest BCUT2D eigenvalue weighted by atomic mass is 9.82. The maximum atomic E-state index is 2.45. The first-order valence-corrected chi connectivity index (χ1v) is 26.2. The van der Waals surface area contributed by atoms with Crippen LogP contribution >= 0.6 is 0 Å². The molecule has 0 amide bonds. The number of benzene rings is 14. The number of fused-ring (bicyclic) bond motifs is 6. The number of hydrogen-bond acceptors (Lipinski definition) is 0. The number of rotatable bonds is 9. The van der Waals surface area contributed by atoms with Crippen LogP contribution in [0.15, 0.2) is 273 Å². The van der Waals surface area contributed by atoms with Gasteiger partial charge in [-0.2, -0.15) is 0 Å². The Morgan fingerprint density at radius 3 is 1.36 bits per heavy atom. The monoisotopic (exact) mass is 948 g/mol. The molecule has 0 nitrogen and oxygen atoms in total. The average Bonchev–Trinajstić information content (AvgIpc) is 3.83. The molecule has 0 heterocycles. The fourth-order valence-electron chi connectivity index (χ4n) is 12.7. The van der Waals surface area contributed by atoms with Gasteiger partial charge in [0.05, 0.1) is 0 Å². The second kappa shape index (κ2) is 17.6. The van der Waals surface area contributed by atoms with Gasteiger partial charge < -0.3 is 0 Å². The van der Waals surface area contributed by atoms with Gasteiger partial charge in [0.2, 0.25) is 0 Å². The SMILES string of the molecule is C(=C(/c1ccccc1)c1ccc(-c2ccccc2)cc1Cc1ccccc1)/c1ccc2c3ccc4c5c(ccc(c6cccc1c62)c53)-c1c-4c(-c2ccccc2)c2ccc(-c3ccccc3)cc2c1-c1ccccc1. The van der Waals surface area contributed by atoms with E-state index in [1.807, 2.05) is 0 Å². The van der Waals surface area contributed by atoms with Crippen molar-refractivity contribution in [3.05, 3.63) is 301 Å². The zero-order valence-corrected chi connectivity index (χ0v) is 41.3. The van der Waals surface area contributed by atoms with Crippen molar-refractivity contribution in [1.82, 2.24) is 0 Å². The van der Waals surface area contributed by atoms with Crippen molar-refractivity contribution in [2.75, 3.05) is 0 Å². The summed E-state index contributed by atoms with van der Waals surface area (Å²) < 4.78 is 0. The highest BCUT2D eigenvalue weighted by atomic mass is 14.3. The summed E-state index contributed by atoms with van der Waals surface area (Å²) in [4.78, 5) is 0. The molecular formula is C75H48. The summed E-state index contributed by atoms with van der Waals surface area (Å²) in [6.07, 6.45) is 3.28. The van der Waals surface area contributed by atoms with E-state index in [9.17, 15) is 0 Å². The van der Waals surface area contributed by atoms with Crippen LogP contribution in [0, 0.1) is 0 Å². The molecule has 0 aliphatic heterocycles. The normalized spacial score (nSPS) is 12.1. The van der Waals surface area contributed by atoms with Gasteiger partial charge in [0.25, 0.3) is 0 Å². The topological polar surface area (TPSA) is 0 Å². The fraction of sp³-hybridized carbons (Fsp3) is 0.0133. The van der Waals surface area contributed by atoms with E-state index in [1.165, 1.54) is 154 Å².